The van der Waals surface area contributed by atoms with Crippen molar-refractivity contribution in [3.63, 3.8) is 0 Å². The van der Waals surface area contributed by atoms with Crippen LogP contribution in [0.2, 0.25) is 13.1 Å². The number of furan rings is 2. The van der Waals surface area contributed by atoms with E-state index in [0.717, 1.165) is 40.7 Å². The molecule has 2 nitrogen and oxygen atoms in total. The second-order valence-corrected chi connectivity index (χ2v) is 42.7. The van der Waals surface area contributed by atoms with Crippen LogP contribution in [0.25, 0.3) is 118 Å². The topological polar surface area (TPSA) is 26.3 Å². The summed E-state index contributed by atoms with van der Waals surface area (Å²) in [6, 6.07) is 99.9. The number of rotatable bonds is 2. The summed E-state index contributed by atoms with van der Waals surface area (Å²) >= 11 is 3.79. The van der Waals surface area contributed by atoms with Crippen LogP contribution in [0.4, 0.5) is 13.2 Å². The molecule has 0 saturated carbocycles. The van der Waals surface area contributed by atoms with Crippen LogP contribution in [0.3, 0.4) is 0 Å². The van der Waals surface area contributed by atoms with Gasteiger partial charge in [-0.05, 0) is 227 Å². The molecule has 0 N–H and O–H groups in total. The first-order chi connectivity index (χ1) is 55.6. The maximum Gasteiger partial charge on any atom is 0.402 e. The van der Waals surface area contributed by atoms with Gasteiger partial charge in [0.1, 0.15) is 35.8 Å². The van der Waals surface area contributed by atoms with Crippen molar-refractivity contribution >= 4 is 125 Å². The predicted molar refractivity (Wildman–Crippen MR) is 503 cm³/mol. The number of para-hydroxylation sites is 1. The molecule has 14 aromatic carbocycles. The fourth-order valence-corrected chi connectivity index (χ4v) is 23.2. The highest BCUT2D eigenvalue weighted by molar-refractivity contribution is 7.26. The highest BCUT2D eigenvalue weighted by atomic mass is 32.1. The van der Waals surface area contributed by atoms with Crippen molar-refractivity contribution in [2.45, 2.75) is 154 Å². The van der Waals surface area contributed by atoms with E-state index in [-0.39, 0.29) is 5.41 Å². The molecule has 0 radical (unpaired) electrons. The van der Waals surface area contributed by atoms with E-state index in [1.54, 1.807) is 46.8 Å². The number of hydrogen-bond acceptors (Lipinski definition) is 4. The van der Waals surface area contributed by atoms with Crippen molar-refractivity contribution in [1.82, 2.24) is 0 Å². The fourth-order valence-electron chi connectivity index (χ4n) is 17.5. The van der Waals surface area contributed by atoms with E-state index in [0.29, 0.717) is 33.1 Å². The average Bonchev–Trinajstić information content (AvgIpc) is 1.55. The third-order valence-electron chi connectivity index (χ3n) is 23.4. The predicted octanol–water partition coefficient (Wildman–Crippen LogP) is 31.6. The molecular weight excluding hydrogens is 1490 g/mol. The van der Waals surface area contributed by atoms with Crippen LogP contribution < -0.4 is 10.4 Å². The zero-order valence-corrected chi connectivity index (χ0v) is 73.4. The van der Waals surface area contributed by atoms with E-state index < -0.39 is 19.7 Å². The summed E-state index contributed by atoms with van der Waals surface area (Å²) < 4.78 is 58.2. The van der Waals surface area contributed by atoms with Crippen molar-refractivity contribution in [2.24, 2.45) is 10.8 Å². The lowest BCUT2D eigenvalue weighted by molar-refractivity contribution is -0.172. The second-order valence-electron chi connectivity index (χ2n) is 36.2. The molecule has 0 bridgehead atoms. The van der Waals surface area contributed by atoms with Gasteiger partial charge in [-0.1, -0.05) is 322 Å². The Balaban J connectivity index is 0.000000107. The summed E-state index contributed by atoms with van der Waals surface area (Å²) in [7, 11) is -1.41. The number of thiophene rings is 2. The highest BCUT2D eigenvalue weighted by Crippen LogP contribution is 2.57. The molecule has 590 valence electrons. The zero-order valence-electron chi connectivity index (χ0n) is 70.8. The average molecular weight is 1600 g/mol. The van der Waals surface area contributed by atoms with Crippen LogP contribution in [0.1, 0.15) is 135 Å². The monoisotopic (exact) mass is 1590 g/mol. The van der Waals surface area contributed by atoms with Crippen molar-refractivity contribution < 1.29 is 22.0 Å². The molecular formula is C109H105F3O2S2Si. The van der Waals surface area contributed by atoms with Crippen molar-refractivity contribution in [3.8, 4) is 33.4 Å². The van der Waals surface area contributed by atoms with Gasteiger partial charge in [0.15, 0.2) is 0 Å². The molecule has 0 saturated heterocycles. The van der Waals surface area contributed by atoms with Gasteiger partial charge >= 0.3 is 6.18 Å². The van der Waals surface area contributed by atoms with Gasteiger partial charge in [-0.2, -0.15) is 13.2 Å². The lowest BCUT2D eigenvalue weighted by Crippen LogP contribution is -2.49. The molecule has 3 aliphatic rings. The lowest BCUT2D eigenvalue weighted by atomic mass is 9.79. The van der Waals surface area contributed by atoms with Gasteiger partial charge in [0.25, 0.3) is 0 Å². The molecule has 4 aromatic heterocycles. The quantitative estimate of drug-likeness (QED) is 0.161. The Bertz CT molecular complexity index is 6430. The number of fused-ring (bicyclic) bond motifs is 21. The molecule has 1 unspecified atom stereocenters. The second kappa shape index (κ2) is 31.9. The summed E-state index contributed by atoms with van der Waals surface area (Å²) in [6.45, 7) is 39.1. The third-order valence-corrected chi connectivity index (χ3v) is 29.2. The van der Waals surface area contributed by atoms with Gasteiger partial charge in [0, 0.05) is 67.3 Å². The Labute approximate surface area is 697 Å². The molecule has 0 spiro atoms. The van der Waals surface area contributed by atoms with E-state index in [1.165, 1.54) is 147 Å². The molecule has 2 aliphatic carbocycles. The van der Waals surface area contributed by atoms with Gasteiger partial charge in [0.05, 0.1) is 0 Å². The van der Waals surface area contributed by atoms with Crippen LogP contribution >= 0.6 is 22.7 Å². The van der Waals surface area contributed by atoms with Crippen molar-refractivity contribution in [1.29, 1.82) is 0 Å². The lowest BCUT2D eigenvalue weighted by Gasteiger charge is -2.30. The maximum absolute atomic E-state index is 13.6. The van der Waals surface area contributed by atoms with E-state index in [4.69, 9.17) is 8.83 Å². The minimum absolute atomic E-state index is 0.151. The largest absolute Gasteiger partial charge is 0.456 e. The molecule has 1 aliphatic heterocycles. The smallest absolute Gasteiger partial charge is 0.402 e. The highest BCUT2D eigenvalue weighted by Gasteiger charge is 2.58. The Kier molecular flexibility index (Phi) is 22.1. The zero-order chi connectivity index (χ0) is 82.8. The van der Waals surface area contributed by atoms with Crippen LogP contribution in [0.15, 0.2) is 294 Å². The van der Waals surface area contributed by atoms with E-state index in [2.05, 4.69) is 334 Å². The van der Waals surface area contributed by atoms with E-state index in [1.807, 2.05) is 53.9 Å². The number of benzene rings is 14. The Morgan fingerprint density at radius 1 is 0.291 bits per heavy atom. The van der Waals surface area contributed by atoms with Crippen LogP contribution in [0, 0.1) is 59.3 Å². The minimum Gasteiger partial charge on any atom is -0.456 e. The molecule has 5 heterocycles. The third kappa shape index (κ3) is 16.5. The summed E-state index contributed by atoms with van der Waals surface area (Å²) in [5, 5.41) is 13.6. The van der Waals surface area contributed by atoms with Crippen molar-refractivity contribution in [3.05, 3.63) is 357 Å². The number of hydrogen-bond donors (Lipinski definition) is 0. The summed E-state index contributed by atoms with van der Waals surface area (Å²) in [6.07, 6.45) is -2.10. The summed E-state index contributed by atoms with van der Waals surface area (Å²) in [5.41, 5.74) is 25.1. The Morgan fingerprint density at radius 3 is 1.21 bits per heavy atom. The summed E-state index contributed by atoms with van der Waals surface area (Å²) in [4.78, 5) is 0. The minimum atomic E-state index is -4.30. The van der Waals surface area contributed by atoms with Gasteiger partial charge in [0.2, 0.25) is 0 Å². The first-order valence-corrected chi connectivity index (χ1v) is 45.5. The first kappa shape index (κ1) is 81.3. The van der Waals surface area contributed by atoms with Gasteiger partial charge in [-0.15, -0.1) is 22.7 Å². The first-order valence-electron chi connectivity index (χ1n) is 40.9. The Hall–Kier alpha value is -10.9. The van der Waals surface area contributed by atoms with Gasteiger partial charge in [-0.25, -0.2) is 0 Å². The van der Waals surface area contributed by atoms with Crippen LogP contribution in [0.5, 0.6) is 0 Å². The molecule has 1 atom stereocenters. The normalized spacial score (nSPS) is 14.4. The molecule has 21 rings (SSSR count). The number of aryl methyl sites for hydroxylation is 7. The molecule has 8 heteroatoms. The molecule has 117 heavy (non-hydrogen) atoms. The summed E-state index contributed by atoms with van der Waals surface area (Å²) in [5.74, 6) is 0. The standard InChI is InChI=1S/C18H20O.C18H20S.C16H13F3.C16H16.C15H16Si.C13H10O.C13H10S/c2*1-12-5-7-14-15-8-6-13(11-18(2,3)4)10-17(15)19-16(14)9-12;1-10-7-8-12-11-5-3-4-6-13(11)15(2,14(12)9-10)16(17,18)19;2*1-11-8-9-13-12-6-4-5-7-14(12)16(2,3)15(13)10-11;2*1-9-6-7-11-10-4-2-3-5-12(10)14-13(11)8-9/h2*5-10H,11H2,1-4H3;3-9H,1-2H3;2*4-10H,1-3H3;2*2-8H,1H3. The fraction of sp³-hybridized carbons (Fsp3) is 0.229. The molecule has 0 fully saturated rings. The van der Waals surface area contributed by atoms with E-state index in [9.17, 15) is 13.2 Å². The molecule has 18 aromatic rings. The SMILES string of the molecule is Cc1ccc2c(c1)C(C)(C(F)(F)F)c1ccccc1-2.Cc1ccc2c(c1)C(C)(C)c1ccccc1-2.Cc1ccc2c(c1)[Si](C)(C)c1ccccc1-2.Cc1ccc2c(c1)oc1cc(CC(C)(C)C)ccc12.Cc1ccc2c(c1)oc1ccccc12.Cc1ccc2c(c1)sc1cc(CC(C)(C)C)ccc12.Cc1ccc2c(c1)sc1ccccc12. The van der Waals surface area contributed by atoms with Gasteiger partial charge < -0.3 is 8.83 Å². The van der Waals surface area contributed by atoms with Crippen LogP contribution in [-0.4, -0.2) is 14.3 Å². The van der Waals surface area contributed by atoms with E-state index >= 15 is 0 Å². The van der Waals surface area contributed by atoms with Crippen LogP contribution in [-0.2, 0) is 23.7 Å². The van der Waals surface area contributed by atoms with Crippen molar-refractivity contribution in [2.75, 3.05) is 0 Å². The van der Waals surface area contributed by atoms with Gasteiger partial charge in [-0.3, -0.25) is 0 Å². The Morgan fingerprint density at radius 2 is 0.641 bits per heavy atom. The number of halogens is 3. The maximum atomic E-state index is 13.6. The molecule has 0 amide bonds. The number of alkyl halides is 3.